The predicted octanol–water partition coefficient (Wildman–Crippen LogP) is 4.31. The van der Waals surface area contributed by atoms with Crippen LogP contribution in [0.4, 0.5) is 0 Å². The van der Waals surface area contributed by atoms with E-state index in [1.54, 1.807) is 18.2 Å². The molecule has 0 saturated heterocycles. The lowest BCUT2D eigenvalue weighted by Crippen LogP contribution is -2.18. The molecule has 0 aliphatic heterocycles. The third-order valence-electron chi connectivity index (χ3n) is 3.30. The summed E-state index contributed by atoms with van der Waals surface area (Å²) in [6.45, 7) is 1.93. The van der Waals surface area contributed by atoms with Crippen molar-refractivity contribution >= 4 is 17.6 Å². The van der Waals surface area contributed by atoms with Gasteiger partial charge in [0.05, 0.1) is 5.92 Å². The summed E-state index contributed by atoms with van der Waals surface area (Å²) in [4.78, 5) is 11.6. The van der Waals surface area contributed by atoms with Gasteiger partial charge < -0.3 is 5.11 Å². The smallest absolute Gasteiger partial charge is 0.311 e. The Morgan fingerprint density at radius 1 is 1.05 bits per heavy atom. The third-order valence-corrected chi connectivity index (χ3v) is 3.53. The summed E-state index contributed by atoms with van der Waals surface area (Å²) in [5.74, 6) is -1.54. The van der Waals surface area contributed by atoms with E-state index in [4.69, 9.17) is 11.6 Å². The summed E-state index contributed by atoms with van der Waals surface area (Å²) in [5.41, 5.74) is 1.74. The van der Waals surface area contributed by atoms with Crippen LogP contribution in [0, 0.1) is 0 Å². The summed E-state index contributed by atoms with van der Waals surface area (Å²) < 4.78 is 0. The zero-order chi connectivity index (χ0) is 13.8. The van der Waals surface area contributed by atoms with Crippen molar-refractivity contribution in [1.29, 1.82) is 0 Å². The van der Waals surface area contributed by atoms with Gasteiger partial charge in [-0.15, -0.1) is 0 Å². The highest BCUT2D eigenvalue weighted by Gasteiger charge is 2.27. The maximum absolute atomic E-state index is 11.6. The molecule has 98 valence electrons. The van der Waals surface area contributed by atoms with Crippen LogP contribution in [0.2, 0.25) is 5.02 Å². The quantitative estimate of drug-likeness (QED) is 0.902. The lowest BCUT2D eigenvalue weighted by Gasteiger charge is -2.21. The minimum absolute atomic E-state index is 0.114. The second kappa shape index (κ2) is 5.89. The normalized spacial score (nSPS) is 13.8. The van der Waals surface area contributed by atoms with Crippen molar-refractivity contribution in [3.63, 3.8) is 0 Å². The van der Waals surface area contributed by atoms with Crippen LogP contribution in [0.1, 0.15) is 29.9 Å². The van der Waals surface area contributed by atoms with E-state index >= 15 is 0 Å². The van der Waals surface area contributed by atoms with Gasteiger partial charge in [-0.25, -0.2) is 0 Å². The highest BCUT2D eigenvalue weighted by molar-refractivity contribution is 6.30. The van der Waals surface area contributed by atoms with E-state index in [0.29, 0.717) is 5.02 Å². The number of carboxylic acid groups (broad SMARTS) is 1. The van der Waals surface area contributed by atoms with Crippen molar-refractivity contribution in [2.45, 2.75) is 18.8 Å². The Bertz CT molecular complexity index is 566. The van der Waals surface area contributed by atoms with Crippen LogP contribution in [-0.2, 0) is 4.79 Å². The fourth-order valence-electron chi connectivity index (χ4n) is 2.29. The lowest BCUT2D eigenvalue weighted by atomic mass is 9.83. The summed E-state index contributed by atoms with van der Waals surface area (Å²) >= 11 is 5.95. The molecule has 0 radical (unpaired) electrons. The van der Waals surface area contributed by atoms with Crippen LogP contribution in [0.15, 0.2) is 54.6 Å². The lowest BCUT2D eigenvalue weighted by molar-refractivity contribution is -0.139. The highest BCUT2D eigenvalue weighted by Crippen LogP contribution is 2.33. The number of rotatable bonds is 4. The molecule has 2 atom stereocenters. The highest BCUT2D eigenvalue weighted by atomic mass is 35.5. The van der Waals surface area contributed by atoms with Gasteiger partial charge in [0.25, 0.3) is 0 Å². The number of carbonyl (C=O) groups is 1. The molecule has 19 heavy (non-hydrogen) atoms. The average molecular weight is 275 g/mol. The largest absolute Gasteiger partial charge is 0.481 e. The molecule has 0 saturated carbocycles. The van der Waals surface area contributed by atoms with E-state index in [0.717, 1.165) is 11.1 Å². The Morgan fingerprint density at radius 3 is 2.26 bits per heavy atom. The van der Waals surface area contributed by atoms with Gasteiger partial charge in [-0.1, -0.05) is 61.0 Å². The Kier molecular flexibility index (Phi) is 4.23. The summed E-state index contributed by atoms with van der Waals surface area (Å²) in [7, 11) is 0. The van der Waals surface area contributed by atoms with E-state index < -0.39 is 11.9 Å². The number of carboxylic acids is 1. The van der Waals surface area contributed by atoms with Gasteiger partial charge in [0.2, 0.25) is 0 Å². The molecule has 0 fully saturated rings. The molecule has 2 rings (SSSR count). The van der Waals surface area contributed by atoms with Gasteiger partial charge in [-0.2, -0.15) is 0 Å². The van der Waals surface area contributed by atoms with Crippen LogP contribution >= 0.6 is 11.6 Å². The second-order valence-electron chi connectivity index (χ2n) is 4.57. The van der Waals surface area contributed by atoms with Gasteiger partial charge >= 0.3 is 5.97 Å². The molecule has 0 spiro atoms. The van der Waals surface area contributed by atoms with E-state index in [1.807, 2.05) is 43.3 Å². The van der Waals surface area contributed by atoms with Crippen molar-refractivity contribution in [2.24, 2.45) is 0 Å². The van der Waals surface area contributed by atoms with Crippen molar-refractivity contribution < 1.29 is 9.90 Å². The number of halogens is 1. The van der Waals surface area contributed by atoms with Crippen molar-refractivity contribution in [2.75, 3.05) is 0 Å². The van der Waals surface area contributed by atoms with E-state index in [9.17, 15) is 9.90 Å². The monoisotopic (exact) mass is 274 g/mol. The molecule has 0 amide bonds. The summed E-state index contributed by atoms with van der Waals surface area (Å²) in [5, 5.41) is 10.1. The average Bonchev–Trinajstić information content (AvgIpc) is 2.39. The first-order chi connectivity index (χ1) is 9.09. The first-order valence-electron chi connectivity index (χ1n) is 6.13. The molecule has 2 aromatic rings. The zero-order valence-corrected chi connectivity index (χ0v) is 11.3. The summed E-state index contributed by atoms with van der Waals surface area (Å²) in [6, 6.07) is 16.7. The van der Waals surface area contributed by atoms with E-state index in [1.165, 1.54) is 0 Å². The standard InChI is InChI=1S/C16H15ClO2/c1-11(12-6-3-2-4-7-12)15(16(18)19)13-8-5-9-14(17)10-13/h2-11,15H,1H3,(H,18,19). The maximum atomic E-state index is 11.6. The van der Waals surface area contributed by atoms with E-state index in [-0.39, 0.29) is 5.92 Å². The molecule has 0 aliphatic carbocycles. The van der Waals surface area contributed by atoms with Crippen LogP contribution in [0.5, 0.6) is 0 Å². The maximum Gasteiger partial charge on any atom is 0.311 e. The Hall–Kier alpha value is -1.80. The fraction of sp³-hybridized carbons (Fsp3) is 0.188. The van der Waals surface area contributed by atoms with Crippen LogP contribution in [0.25, 0.3) is 0 Å². The molecular weight excluding hydrogens is 260 g/mol. The van der Waals surface area contributed by atoms with Gasteiger partial charge in [-0.05, 0) is 29.2 Å². The number of benzene rings is 2. The van der Waals surface area contributed by atoms with Crippen LogP contribution in [0.3, 0.4) is 0 Å². The molecule has 3 heteroatoms. The number of hydrogen-bond donors (Lipinski definition) is 1. The number of aliphatic carboxylic acids is 1. The minimum Gasteiger partial charge on any atom is -0.481 e. The minimum atomic E-state index is -0.835. The van der Waals surface area contributed by atoms with Crippen molar-refractivity contribution in [1.82, 2.24) is 0 Å². The first-order valence-corrected chi connectivity index (χ1v) is 6.50. The van der Waals surface area contributed by atoms with E-state index in [2.05, 4.69) is 0 Å². The molecular formula is C16H15ClO2. The molecule has 2 aromatic carbocycles. The Labute approximate surface area is 117 Å². The predicted molar refractivity (Wildman–Crippen MR) is 76.7 cm³/mol. The summed E-state index contributed by atoms with van der Waals surface area (Å²) in [6.07, 6.45) is 0. The Morgan fingerprint density at radius 2 is 1.68 bits per heavy atom. The number of hydrogen-bond acceptors (Lipinski definition) is 1. The van der Waals surface area contributed by atoms with Gasteiger partial charge in [0.15, 0.2) is 0 Å². The van der Waals surface area contributed by atoms with Gasteiger partial charge in [0.1, 0.15) is 0 Å². The molecule has 0 aliphatic rings. The third kappa shape index (κ3) is 3.15. The SMILES string of the molecule is CC(c1ccccc1)C(C(=O)O)c1cccc(Cl)c1. The zero-order valence-electron chi connectivity index (χ0n) is 10.6. The van der Waals surface area contributed by atoms with Crippen LogP contribution in [-0.4, -0.2) is 11.1 Å². The van der Waals surface area contributed by atoms with Crippen molar-refractivity contribution in [3.05, 3.63) is 70.7 Å². The first kappa shape index (κ1) is 13.6. The van der Waals surface area contributed by atoms with Gasteiger partial charge in [-0.3, -0.25) is 4.79 Å². The van der Waals surface area contributed by atoms with Crippen LogP contribution < -0.4 is 0 Å². The topological polar surface area (TPSA) is 37.3 Å². The molecule has 2 unspecified atom stereocenters. The fourth-order valence-corrected chi connectivity index (χ4v) is 2.49. The molecule has 2 nitrogen and oxygen atoms in total. The molecule has 0 heterocycles. The second-order valence-corrected chi connectivity index (χ2v) is 5.01. The Balaban J connectivity index is 2.39. The molecule has 0 bridgehead atoms. The van der Waals surface area contributed by atoms with Gasteiger partial charge in [0, 0.05) is 5.02 Å². The molecule has 1 N–H and O–H groups in total. The molecule has 0 aromatic heterocycles. The van der Waals surface area contributed by atoms with Crippen molar-refractivity contribution in [3.8, 4) is 0 Å².